The fourth-order valence-electron chi connectivity index (χ4n) is 6.78. The van der Waals surface area contributed by atoms with Gasteiger partial charge < -0.3 is 20.7 Å². The van der Waals surface area contributed by atoms with E-state index in [4.69, 9.17) is 4.74 Å². The van der Waals surface area contributed by atoms with Gasteiger partial charge in [-0.25, -0.2) is 4.79 Å². The van der Waals surface area contributed by atoms with Gasteiger partial charge in [0.25, 0.3) is 11.8 Å². The number of thiophene rings is 1. The van der Waals surface area contributed by atoms with Crippen LogP contribution in [0.5, 0.6) is 0 Å². The topological polar surface area (TPSA) is 114 Å². The fourth-order valence-corrected chi connectivity index (χ4v) is 9.15. The van der Waals surface area contributed by atoms with Crippen LogP contribution >= 0.6 is 23.1 Å². The van der Waals surface area contributed by atoms with Crippen LogP contribution in [0.25, 0.3) is 16.8 Å². The Morgan fingerprint density at radius 2 is 1.50 bits per heavy atom. The first-order valence-electron chi connectivity index (χ1n) is 18.7. The quantitative estimate of drug-likeness (QED) is 0.0493. The van der Waals surface area contributed by atoms with Gasteiger partial charge >= 0.3 is 5.97 Å². The average Bonchev–Trinajstić information content (AvgIpc) is 3.39. The molecule has 56 heavy (non-hydrogen) atoms. The first-order chi connectivity index (χ1) is 27.4. The number of hydrogen-bond acceptors (Lipinski definition) is 7. The summed E-state index contributed by atoms with van der Waals surface area (Å²) in [6.07, 6.45) is 6.45. The molecule has 6 aromatic rings. The number of aryl methyl sites for hydroxylation is 1. The summed E-state index contributed by atoms with van der Waals surface area (Å²) in [5.41, 5.74) is 3.98. The first-order valence-corrected chi connectivity index (χ1v) is 20.4. The number of amides is 3. The highest BCUT2D eigenvalue weighted by atomic mass is 32.2. The summed E-state index contributed by atoms with van der Waals surface area (Å²) in [6.45, 7) is 2.02. The maximum atomic E-state index is 14.3. The number of carbonyl (C=O) groups is 4. The van der Waals surface area contributed by atoms with Crippen molar-refractivity contribution in [3.8, 4) is 0 Å². The van der Waals surface area contributed by atoms with Crippen molar-refractivity contribution >= 4 is 74.3 Å². The largest absolute Gasteiger partial charge is 0.462 e. The first kappa shape index (κ1) is 38.3. The Kier molecular flexibility index (Phi) is 12.4. The number of nitrogens with one attached hydrogen (secondary N) is 3. The predicted octanol–water partition coefficient (Wildman–Crippen LogP) is 10.2. The molecule has 282 valence electrons. The van der Waals surface area contributed by atoms with E-state index in [1.54, 1.807) is 49.4 Å². The summed E-state index contributed by atoms with van der Waals surface area (Å²) in [5.74, 6) is -1.61. The van der Waals surface area contributed by atoms with Crippen molar-refractivity contribution in [2.24, 2.45) is 0 Å². The fraction of sp³-hybridized carbons (Fsp3) is 0.174. The zero-order valence-electron chi connectivity index (χ0n) is 30.9. The number of esters is 1. The molecule has 1 aromatic heterocycles. The molecule has 1 atom stereocenters. The molecule has 0 fully saturated rings. The standard InChI is InChI=1S/C46H41N3O5S2/c1-2-54-46(53)40-37-26-10-5-11-27-39(37)56-45(40)49-44(52)41(31-17-6-3-7-18-31)55-35-24-15-23-34(29-35)47-43(51)38(48-42(50)32-19-8-4-9-20-32)28-33-22-14-21-30-16-12-13-25-36(30)33/h3-4,6-9,12-25,28-29,41H,2,5,10-11,26-27H2,1H3,(H,47,51)(H,48,50)(H,49,52)/b38-28+. The lowest BCUT2D eigenvalue weighted by Crippen LogP contribution is -2.30. The van der Waals surface area contributed by atoms with Crippen LogP contribution in [0.4, 0.5) is 10.7 Å². The van der Waals surface area contributed by atoms with Gasteiger partial charge in [-0.2, -0.15) is 0 Å². The van der Waals surface area contributed by atoms with E-state index < -0.39 is 23.0 Å². The minimum Gasteiger partial charge on any atom is -0.462 e. The molecule has 0 saturated carbocycles. The molecule has 1 heterocycles. The Hall–Kier alpha value is -5.97. The molecule has 5 aromatic carbocycles. The lowest BCUT2D eigenvalue weighted by atomic mass is 10.0. The molecule has 10 heteroatoms. The Balaban J connectivity index is 1.16. The Labute approximate surface area is 334 Å². The summed E-state index contributed by atoms with van der Waals surface area (Å²) in [5, 5.41) is 10.7. The lowest BCUT2D eigenvalue weighted by Gasteiger charge is -2.18. The average molecular weight is 780 g/mol. The Bertz CT molecular complexity index is 2400. The predicted molar refractivity (Wildman–Crippen MR) is 226 cm³/mol. The van der Waals surface area contributed by atoms with Crippen LogP contribution < -0.4 is 16.0 Å². The van der Waals surface area contributed by atoms with Crippen LogP contribution in [0.2, 0.25) is 0 Å². The van der Waals surface area contributed by atoms with Gasteiger partial charge in [0.05, 0.1) is 12.2 Å². The van der Waals surface area contributed by atoms with E-state index in [-0.39, 0.29) is 18.2 Å². The minimum absolute atomic E-state index is 0.0709. The molecular weight excluding hydrogens is 739 g/mol. The summed E-state index contributed by atoms with van der Waals surface area (Å²) in [7, 11) is 0. The number of carbonyl (C=O) groups excluding carboxylic acids is 4. The van der Waals surface area contributed by atoms with Crippen LogP contribution in [0, 0.1) is 0 Å². The normalized spacial score (nSPS) is 13.2. The monoisotopic (exact) mass is 779 g/mol. The van der Waals surface area contributed by atoms with Crippen LogP contribution in [0.1, 0.15) is 73.7 Å². The molecule has 0 spiro atoms. The van der Waals surface area contributed by atoms with Gasteiger partial charge in [0.2, 0.25) is 5.91 Å². The van der Waals surface area contributed by atoms with Crippen molar-refractivity contribution < 1.29 is 23.9 Å². The van der Waals surface area contributed by atoms with Crippen molar-refractivity contribution in [3.63, 3.8) is 0 Å². The van der Waals surface area contributed by atoms with E-state index >= 15 is 0 Å². The molecule has 3 N–H and O–H groups in total. The second-order valence-corrected chi connectivity index (χ2v) is 15.6. The second kappa shape index (κ2) is 18.1. The highest BCUT2D eigenvalue weighted by Crippen LogP contribution is 2.41. The van der Waals surface area contributed by atoms with Crippen molar-refractivity contribution in [2.45, 2.75) is 49.2 Å². The maximum Gasteiger partial charge on any atom is 0.341 e. The third kappa shape index (κ3) is 9.10. The number of anilines is 2. The number of benzene rings is 5. The second-order valence-electron chi connectivity index (χ2n) is 13.3. The molecule has 0 saturated heterocycles. The molecular formula is C46H41N3O5S2. The minimum atomic E-state index is -0.689. The molecule has 0 bridgehead atoms. The van der Waals surface area contributed by atoms with Gasteiger partial charge in [0, 0.05) is 21.0 Å². The van der Waals surface area contributed by atoms with Gasteiger partial charge in [-0.05, 0) is 96.5 Å². The Morgan fingerprint density at radius 3 is 2.30 bits per heavy atom. The molecule has 0 radical (unpaired) electrons. The van der Waals surface area contributed by atoms with Gasteiger partial charge in [-0.1, -0.05) is 103 Å². The van der Waals surface area contributed by atoms with E-state index in [1.807, 2.05) is 91.0 Å². The highest BCUT2D eigenvalue weighted by molar-refractivity contribution is 8.00. The van der Waals surface area contributed by atoms with Crippen LogP contribution in [-0.2, 0) is 27.2 Å². The van der Waals surface area contributed by atoms with Gasteiger partial charge in [-0.15, -0.1) is 23.1 Å². The van der Waals surface area contributed by atoms with E-state index in [0.29, 0.717) is 21.8 Å². The summed E-state index contributed by atoms with van der Waals surface area (Å²) in [6, 6.07) is 39.1. The number of hydrogen-bond donors (Lipinski definition) is 3. The van der Waals surface area contributed by atoms with Crippen molar-refractivity contribution in [2.75, 3.05) is 17.2 Å². The molecule has 3 amide bonds. The van der Waals surface area contributed by atoms with E-state index in [1.165, 1.54) is 23.1 Å². The number of thioether (sulfide) groups is 1. The molecule has 0 aliphatic heterocycles. The van der Waals surface area contributed by atoms with Crippen LogP contribution in [0.3, 0.4) is 0 Å². The highest BCUT2D eigenvalue weighted by Gasteiger charge is 2.30. The van der Waals surface area contributed by atoms with E-state index in [9.17, 15) is 19.2 Å². The van der Waals surface area contributed by atoms with Gasteiger partial charge in [-0.3, -0.25) is 14.4 Å². The zero-order chi connectivity index (χ0) is 38.9. The zero-order valence-corrected chi connectivity index (χ0v) is 32.5. The van der Waals surface area contributed by atoms with E-state index in [2.05, 4.69) is 16.0 Å². The smallest absolute Gasteiger partial charge is 0.341 e. The van der Waals surface area contributed by atoms with Gasteiger partial charge in [0.15, 0.2) is 0 Å². The van der Waals surface area contributed by atoms with E-state index in [0.717, 1.165) is 69.3 Å². The van der Waals surface area contributed by atoms with Crippen molar-refractivity contribution in [1.82, 2.24) is 5.32 Å². The van der Waals surface area contributed by atoms with Gasteiger partial charge in [0.1, 0.15) is 15.9 Å². The van der Waals surface area contributed by atoms with Crippen molar-refractivity contribution in [1.29, 1.82) is 0 Å². The lowest BCUT2D eigenvalue weighted by molar-refractivity contribution is -0.116. The molecule has 1 unspecified atom stereocenters. The summed E-state index contributed by atoms with van der Waals surface area (Å²) in [4.78, 5) is 56.7. The third-order valence-corrected chi connectivity index (χ3v) is 11.9. The van der Waals surface area contributed by atoms with Crippen molar-refractivity contribution in [3.05, 3.63) is 166 Å². The molecule has 1 aliphatic rings. The molecule has 7 rings (SSSR count). The maximum absolute atomic E-state index is 14.3. The van der Waals surface area contributed by atoms with Crippen LogP contribution in [0.15, 0.2) is 138 Å². The number of fused-ring (bicyclic) bond motifs is 2. The summed E-state index contributed by atoms with van der Waals surface area (Å²) >= 11 is 2.80. The Morgan fingerprint density at radius 1 is 0.786 bits per heavy atom. The van der Waals surface area contributed by atoms with Crippen LogP contribution in [-0.4, -0.2) is 30.3 Å². The molecule has 1 aliphatic carbocycles. The number of rotatable bonds is 12. The third-order valence-electron chi connectivity index (χ3n) is 9.48. The summed E-state index contributed by atoms with van der Waals surface area (Å²) < 4.78 is 5.46. The number of ether oxygens (including phenoxy) is 1. The SMILES string of the molecule is CCOC(=O)c1c(NC(=O)C(Sc2cccc(NC(=O)/C(=C\c3cccc4ccccc34)NC(=O)c3ccccc3)c2)c2ccccc2)sc2c1CCCCC2. The molecule has 8 nitrogen and oxygen atoms in total.